The van der Waals surface area contributed by atoms with Crippen LogP contribution in [-0.2, 0) is 16.1 Å². The molecule has 2 aromatic rings. The van der Waals surface area contributed by atoms with Crippen LogP contribution in [0.2, 0.25) is 0 Å². The number of benzene rings is 1. The Balaban J connectivity index is 1.88. The van der Waals surface area contributed by atoms with E-state index in [1.54, 1.807) is 11.3 Å². The van der Waals surface area contributed by atoms with Gasteiger partial charge in [-0.25, -0.2) is 9.18 Å². The lowest BCUT2D eigenvalue weighted by Crippen LogP contribution is -2.29. The van der Waals surface area contributed by atoms with Gasteiger partial charge in [-0.05, 0) is 29.6 Å². The predicted molar refractivity (Wildman–Crippen MR) is 82.4 cm³/mol. The van der Waals surface area contributed by atoms with E-state index in [0.717, 1.165) is 10.9 Å². The maximum atomic E-state index is 13.5. The molecular formula is C15H15FN2O3S. The monoisotopic (exact) mass is 322 g/mol. The van der Waals surface area contributed by atoms with E-state index < -0.39 is 11.8 Å². The van der Waals surface area contributed by atoms with Crippen LogP contribution in [-0.4, -0.2) is 25.5 Å². The summed E-state index contributed by atoms with van der Waals surface area (Å²) in [5, 5.41) is 7.53. The normalized spacial score (nSPS) is 10.1. The Hall–Kier alpha value is -2.41. The van der Waals surface area contributed by atoms with Gasteiger partial charge in [-0.1, -0.05) is 6.07 Å². The van der Waals surface area contributed by atoms with Crippen LogP contribution in [0.25, 0.3) is 0 Å². The van der Waals surface area contributed by atoms with Gasteiger partial charge >= 0.3 is 5.97 Å². The van der Waals surface area contributed by atoms with Crippen molar-refractivity contribution in [3.8, 4) is 0 Å². The van der Waals surface area contributed by atoms with Crippen molar-refractivity contribution in [2.24, 2.45) is 0 Å². The van der Waals surface area contributed by atoms with Gasteiger partial charge in [-0.2, -0.15) is 0 Å². The molecule has 7 heteroatoms. The fraction of sp³-hybridized carbons (Fsp3) is 0.200. The number of esters is 1. The number of ether oxygens (including phenoxy) is 1. The highest BCUT2D eigenvalue weighted by molar-refractivity contribution is 7.09. The molecule has 2 rings (SSSR count). The molecule has 0 saturated carbocycles. The lowest BCUT2D eigenvalue weighted by Gasteiger charge is -2.09. The Labute approximate surface area is 131 Å². The van der Waals surface area contributed by atoms with Crippen molar-refractivity contribution in [1.82, 2.24) is 5.32 Å². The number of thiophene rings is 1. The number of hydrogen-bond donors (Lipinski definition) is 2. The average Bonchev–Trinajstić information content (AvgIpc) is 3.04. The minimum atomic E-state index is -0.761. The molecule has 2 N–H and O–H groups in total. The van der Waals surface area contributed by atoms with E-state index >= 15 is 0 Å². The summed E-state index contributed by atoms with van der Waals surface area (Å²) in [4.78, 5) is 24.2. The van der Waals surface area contributed by atoms with Gasteiger partial charge in [0.2, 0.25) is 5.91 Å². The lowest BCUT2D eigenvalue weighted by atomic mass is 10.2. The van der Waals surface area contributed by atoms with E-state index in [4.69, 9.17) is 0 Å². The molecule has 1 aromatic carbocycles. The number of amides is 1. The van der Waals surface area contributed by atoms with Gasteiger partial charge in [0.05, 0.1) is 25.8 Å². The molecule has 0 aliphatic rings. The molecule has 0 bridgehead atoms. The minimum absolute atomic E-state index is 0.0254. The molecule has 1 aromatic heterocycles. The van der Waals surface area contributed by atoms with Crippen molar-refractivity contribution in [3.05, 3.63) is 52.0 Å². The van der Waals surface area contributed by atoms with Crippen LogP contribution in [0.15, 0.2) is 35.7 Å². The Morgan fingerprint density at radius 2 is 2.14 bits per heavy atom. The number of hydrogen-bond acceptors (Lipinski definition) is 5. The summed E-state index contributed by atoms with van der Waals surface area (Å²) in [7, 11) is 1.18. The van der Waals surface area contributed by atoms with Crippen LogP contribution in [0.5, 0.6) is 0 Å². The zero-order valence-electron chi connectivity index (χ0n) is 11.9. The average molecular weight is 322 g/mol. The van der Waals surface area contributed by atoms with Crippen molar-refractivity contribution in [2.75, 3.05) is 19.0 Å². The first kappa shape index (κ1) is 16.0. The molecule has 0 aliphatic carbocycles. The van der Waals surface area contributed by atoms with Gasteiger partial charge in [0.15, 0.2) is 0 Å². The van der Waals surface area contributed by atoms with Crippen molar-refractivity contribution in [1.29, 1.82) is 0 Å². The van der Waals surface area contributed by atoms with Crippen molar-refractivity contribution in [3.63, 3.8) is 0 Å². The maximum absolute atomic E-state index is 13.5. The first-order chi connectivity index (χ1) is 10.6. The number of rotatable bonds is 6. The van der Waals surface area contributed by atoms with Crippen LogP contribution in [0.1, 0.15) is 15.2 Å². The van der Waals surface area contributed by atoms with E-state index in [-0.39, 0.29) is 18.0 Å². The number of anilines is 1. The third kappa shape index (κ3) is 4.29. The molecule has 0 unspecified atom stereocenters. The molecule has 0 aliphatic heterocycles. The fourth-order valence-electron chi connectivity index (χ4n) is 1.75. The summed E-state index contributed by atoms with van der Waals surface area (Å²) in [5.41, 5.74) is 0.291. The highest BCUT2D eigenvalue weighted by Gasteiger charge is 2.13. The topological polar surface area (TPSA) is 67.4 Å². The third-order valence-electron chi connectivity index (χ3n) is 2.86. The van der Waals surface area contributed by atoms with Gasteiger partial charge in [0.25, 0.3) is 0 Å². The van der Waals surface area contributed by atoms with Crippen molar-refractivity contribution in [2.45, 2.75) is 6.54 Å². The van der Waals surface area contributed by atoms with Crippen LogP contribution in [0.3, 0.4) is 0 Å². The van der Waals surface area contributed by atoms with Gasteiger partial charge in [0, 0.05) is 10.6 Å². The molecule has 5 nitrogen and oxygen atoms in total. The smallest absolute Gasteiger partial charge is 0.340 e. The predicted octanol–water partition coefficient (Wildman–Crippen LogP) is 2.40. The molecule has 1 amide bonds. The van der Waals surface area contributed by atoms with E-state index in [0.29, 0.717) is 12.2 Å². The maximum Gasteiger partial charge on any atom is 0.340 e. The first-order valence-corrected chi connectivity index (χ1v) is 7.39. The summed E-state index contributed by atoms with van der Waals surface area (Å²) in [6.45, 7) is 0.493. The second-order valence-corrected chi connectivity index (χ2v) is 5.43. The number of nitrogens with one attached hydrogen (secondary N) is 2. The summed E-state index contributed by atoms with van der Waals surface area (Å²) >= 11 is 1.56. The molecule has 116 valence electrons. The van der Waals surface area contributed by atoms with Gasteiger partial charge in [0.1, 0.15) is 5.82 Å². The number of carbonyl (C=O) groups excluding carboxylic acids is 2. The van der Waals surface area contributed by atoms with Crippen molar-refractivity contribution >= 4 is 28.9 Å². The zero-order valence-corrected chi connectivity index (χ0v) is 12.7. The largest absolute Gasteiger partial charge is 0.465 e. The standard InChI is InChI=1S/C15H15FN2O3S/c1-21-15(20)12-7-10(4-5-13(12)16)17-9-14(19)18-8-11-3-2-6-22-11/h2-7,17H,8-9H2,1H3,(H,18,19). The summed E-state index contributed by atoms with van der Waals surface area (Å²) in [5.74, 6) is -1.62. The van der Waals surface area contributed by atoms with E-state index in [1.165, 1.54) is 19.2 Å². The molecule has 0 saturated heterocycles. The third-order valence-corrected chi connectivity index (χ3v) is 3.74. The number of halogens is 1. The molecule has 0 spiro atoms. The highest BCUT2D eigenvalue weighted by atomic mass is 32.1. The fourth-order valence-corrected chi connectivity index (χ4v) is 2.39. The second kappa shape index (κ2) is 7.56. The van der Waals surface area contributed by atoms with E-state index in [1.807, 2.05) is 17.5 Å². The highest BCUT2D eigenvalue weighted by Crippen LogP contribution is 2.15. The van der Waals surface area contributed by atoms with Crippen LogP contribution >= 0.6 is 11.3 Å². The Morgan fingerprint density at radius 3 is 2.82 bits per heavy atom. The SMILES string of the molecule is COC(=O)c1cc(NCC(=O)NCc2cccs2)ccc1F. The van der Waals surface area contributed by atoms with Gasteiger partial charge in [-0.15, -0.1) is 11.3 Å². The van der Waals surface area contributed by atoms with Gasteiger partial charge < -0.3 is 15.4 Å². The molecule has 0 fully saturated rings. The molecular weight excluding hydrogens is 307 g/mol. The van der Waals surface area contributed by atoms with Crippen molar-refractivity contribution < 1.29 is 18.7 Å². The van der Waals surface area contributed by atoms with Crippen LogP contribution in [0, 0.1) is 5.82 Å². The molecule has 0 atom stereocenters. The van der Waals surface area contributed by atoms with E-state index in [9.17, 15) is 14.0 Å². The zero-order chi connectivity index (χ0) is 15.9. The molecule has 0 radical (unpaired) electrons. The van der Waals surface area contributed by atoms with Crippen LogP contribution in [0.4, 0.5) is 10.1 Å². The minimum Gasteiger partial charge on any atom is -0.465 e. The summed E-state index contributed by atoms with van der Waals surface area (Å²) in [6.07, 6.45) is 0. The number of methoxy groups -OCH3 is 1. The summed E-state index contributed by atoms with van der Waals surface area (Å²) < 4.78 is 18.0. The molecule has 22 heavy (non-hydrogen) atoms. The number of carbonyl (C=O) groups is 2. The van der Waals surface area contributed by atoms with Crippen LogP contribution < -0.4 is 10.6 Å². The Morgan fingerprint density at radius 1 is 1.32 bits per heavy atom. The van der Waals surface area contributed by atoms with E-state index in [2.05, 4.69) is 15.4 Å². The summed E-state index contributed by atoms with van der Waals surface area (Å²) in [6, 6.07) is 7.76. The molecule has 1 heterocycles. The Bertz CT molecular complexity index is 659. The van der Waals surface area contributed by atoms with Gasteiger partial charge in [-0.3, -0.25) is 4.79 Å². The second-order valence-electron chi connectivity index (χ2n) is 4.40. The quantitative estimate of drug-likeness (QED) is 0.802. The Kier molecular flexibility index (Phi) is 5.48. The first-order valence-electron chi connectivity index (χ1n) is 6.51. The lowest BCUT2D eigenvalue weighted by molar-refractivity contribution is -0.119.